The van der Waals surface area contributed by atoms with E-state index >= 15 is 0 Å². The molecule has 0 spiro atoms. The van der Waals surface area contributed by atoms with Crippen molar-refractivity contribution in [3.63, 3.8) is 0 Å². The molecule has 0 radical (unpaired) electrons. The van der Waals surface area contributed by atoms with Crippen LogP contribution in [-0.2, 0) is 4.74 Å². The Balaban J connectivity index is 2.29. The fourth-order valence-electron chi connectivity index (χ4n) is 2.88. The Hall–Kier alpha value is -2.96. The van der Waals surface area contributed by atoms with Crippen LogP contribution in [0.25, 0.3) is 0 Å². The third kappa shape index (κ3) is 5.52. The van der Waals surface area contributed by atoms with Crippen LogP contribution in [0, 0.1) is 6.92 Å². The van der Waals surface area contributed by atoms with Gasteiger partial charge in [0.05, 0.1) is 17.9 Å². The quantitative estimate of drug-likeness (QED) is 0.661. The zero-order valence-corrected chi connectivity index (χ0v) is 17.0. The first-order valence-electron chi connectivity index (χ1n) is 9.68. The van der Waals surface area contributed by atoms with Crippen LogP contribution in [0.3, 0.4) is 0 Å². The average molecular weight is 384 g/mol. The maximum absolute atomic E-state index is 12.8. The molecule has 0 saturated heterocycles. The van der Waals surface area contributed by atoms with Gasteiger partial charge >= 0.3 is 5.97 Å². The number of benzene rings is 1. The zero-order valence-electron chi connectivity index (χ0n) is 17.0. The molecule has 2 aromatic rings. The summed E-state index contributed by atoms with van der Waals surface area (Å²) in [6.07, 6.45) is 1.97. The second-order valence-electron chi connectivity index (χ2n) is 6.37. The van der Waals surface area contributed by atoms with Crippen LogP contribution < -0.4 is 10.2 Å². The van der Waals surface area contributed by atoms with E-state index in [2.05, 4.69) is 34.0 Å². The number of para-hydroxylation sites is 1. The molecule has 0 fully saturated rings. The van der Waals surface area contributed by atoms with Crippen LogP contribution in [0.2, 0.25) is 0 Å². The molecule has 1 aromatic carbocycles. The summed E-state index contributed by atoms with van der Waals surface area (Å²) >= 11 is 0. The van der Waals surface area contributed by atoms with E-state index in [-0.39, 0.29) is 12.3 Å². The second kappa shape index (κ2) is 10.4. The lowest BCUT2D eigenvalue weighted by Crippen LogP contribution is -2.27. The van der Waals surface area contributed by atoms with Crippen molar-refractivity contribution in [1.29, 1.82) is 0 Å². The lowest BCUT2D eigenvalue weighted by atomic mass is 10.1. The lowest BCUT2D eigenvalue weighted by molar-refractivity contribution is 0.0527. The molecule has 150 valence electrons. The lowest BCUT2D eigenvalue weighted by Gasteiger charge is -2.23. The van der Waals surface area contributed by atoms with Crippen LogP contribution in [0.1, 0.15) is 60.3 Å². The number of amides is 1. The molecule has 0 aliphatic rings. The number of hydrogen-bond donors (Lipinski definition) is 1. The summed E-state index contributed by atoms with van der Waals surface area (Å²) in [6.45, 7) is 9.70. The first kappa shape index (κ1) is 21.3. The van der Waals surface area contributed by atoms with Crippen LogP contribution in [0.15, 0.2) is 30.3 Å². The summed E-state index contributed by atoms with van der Waals surface area (Å²) in [5.41, 5.74) is 0.961. The Morgan fingerprint density at radius 2 is 1.75 bits per heavy atom. The van der Waals surface area contributed by atoms with Crippen molar-refractivity contribution in [3.05, 3.63) is 47.4 Å². The zero-order chi connectivity index (χ0) is 20.5. The summed E-state index contributed by atoms with van der Waals surface area (Å²) in [4.78, 5) is 35.9. The molecule has 28 heavy (non-hydrogen) atoms. The highest BCUT2D eigenvalue weighted by molar-refractivity contribution is 6.07. The maximum atomic E-state index is 12.8. The fraction of sp³-hybridized carbons (Fsp3) is 0.429. The highest BCUT2D eigenvalue weighted by Gasteiger charge is 2.18. The molecule has 1 N–H and O–H groups in total. The maximum Gasteiger partial charge on any atom is 0.340 e. The van der Waals surface area contributed by atoms with Gasteiger partial charge in [-0.2, -0.15) is 0 Å². The Bertz CT molecular complexity index is 817. The molecule has 1 aromatic heterocycles. The molecule has 0 saturated carbocycles. The van der Waals surface area contributed by atoms with Gasteiger partial charge in [0.25, 0.3) is 5.91 Å². The Labute approximate surface area is 166 Å². The van der Waals surface area contributed by atoms with E-state index in [1.807, 2.05) is 0 Å². The van der Waals surface area contributed by atoms with Crippen molar-refractivity contribution in [2.75, 3.05) is 29.9 Å². The second-order valence-corrected chi connectivity index (χ2v) is 6.37. The Morgan fingerprint density at radius 3 is 2.39 bits per heavy atom. The number of carbonyl (C=O) groups is 2. The molecular formula is C21H28N4O3. The van der Waals surface area contributed by atoms with Gasteiger partial charge in [-0.05, 0) is 38.8 Å². The number of aryl methyl sites for hydroxylation is 1. The van der Waals surface area contributed by atoms with E-state index in [1.54, 1.807) is 44.2 Å². The minimum atomic E-state index is -0.477. The Morgan fingerprint density at radius 1 is 1.07 bits per heavy atom. The van der Waals surface area contributed by atoms with E-state index in [9.17, 15) is 9.59 Å². The van der Waals surface area contributed by atoms with Gasteiger partial charge in [0, 0.05) is 19.2 Å². The van der Waals surface area contributed by atoms with Gasteiger partial charge in [0.15, 0.2) is 0 Å². The molecule has 7 heteroatoms. The summed E-state index contributed by atoms with van der Waals surface area (Å²) in [5, 5.41) is 2.77. The predicted octanol–water partition coefficient (Wildman–Crippen LogP) is 3.84. The van der Waals surface area contributed by atoms with E-state index < -0.39 is 11.9 Å². The van der Waals surface area contributed by atoms with Crippen molar-refractivity contribution in [1.82, 2.24) is 9.97 Å². The van der Waals surface area contributed by atoms with Gasteiger partial charge < -0.3 is 15.0 Å². The average Bonchev–Trinajstić information content (AvgIpc) is 2.68. The standard InChI is InChI=1S/C21H28N4O3/c1-5-12-25(13-6-2)19-14-18(22-15(4)23-19)20(26)24-17-11-9-8-10-16(17)21(27)28-7-3/h8-11,14H,5-7,12-13H2,1-4H3,(H,24,26). The van der Waals surface area contributed by atoms with Crippen molar-refractivity contribution >= 4 is 23.4 Å². The fourth-order valence-corrected chi connectivity index (χ4v) is 2.88. The van der Waals surface area contributed by atoms with Gasteiger partial charge in [-0.3, -0.25) is 4.79 Å². The number of nitrogens with one attached hydrogen (secondary N) is 1. The monoisotopic (exact) mass is 384 g/mol. The van der Waals surface area contributed by atoms with E-state index in [1.165, 1.54) is 0 Å². The molecule has 1 amide bonds. The van der Waals surface area contributed by atoms with Crippen LogP contribution in [0.5, 0.6) is 0 Å². The summed E-state index contributed by atoms with van der Waals surface area (Å²) in [6, 6.07) is 8.45. The molecule has 0 unspecified atom stereocenters. The minimum absolute atomic E-state index is 0.262. The van der Waals surface area contributed by atoms with Crippen LogP contribution in [-0.4, -0.2) is 41.5 Å². The largest absolute Gasteiger partial charge is 0.462 e. The normalized spacial score (nSPS) is 10.4. The first-order valence-corrected chi connectivity index (χ1v) is 9.68. The van der Waals surface area contributed by atoms with Gasteiger partial charge in [0.1, 0.15) is 17.3 Å². The van der Waals surface area contributed by atoms with Crippen molar-refractivity contribution in [3.8, 4) is 0 Å². The van der Waals surface area contributed by atoms with Gasteiger partial charge in [-0.25, -0.2) is 14.8 Å². The first-order chi connectivity index (χ1) is 13.5. The third-order valence-corrected chi connectivity index (χ3v) is 4.04. The topological polar surface area (TPSA) is 84.4 Å². The van der Waals surface area contributed by atoms with E-state index in [4.69, 9.17) is 4.74 Å². The molecule has 0 aliphatic heterocycles. The van der Waals surface area contributed by atoms with Crippen molar-refractivity contribution < 1.29 is 14.3 Å². The molecular weight excluding hydrogens is 356 g/mol. The van der Waals surface area contributed by atoms with Crippen LogP contribution in [0.4, 0.5) is 11.5 Å². The molecule has 7 nitrogen and oxygen atoms in total. The number of ether oxygens (including phenoxy) is 1. The summed E-state index contributed by atoms with van der Waals surface area (Å²) < 4.78 is 5.06. The number of rotatable bonds is 9. The van der Waals surface area contributed by atoms with Gasteiger partial charge in [0.2, 0.25) is 0 Å². The number of nitrogens with zero attached hydrogens (tertiary/aromatic N) is 3. The van der Waals surface area contributed by atoms with Crippen LogP contribution >= 0.6 is 0 Å². The smallest absolute Gasteiger partial charge is 0.340 e. The summed E-state index contributed by atoms with van der Waals surface area (Å²) in [5.74, 6) is 0.394. The predicted molar refractivity (Wildman–Crippen MR) is 110 cm³/mol. The number of carbonyl (C=O) groups excluding carboxylic acids is 2. The SMILES string of the molecule is CCCN(CCC)c1cc(C(=O)Nc2ccccc2C(=O)OCC)nc(C)n1. The van der Waals surface area contributed by atoms with Crippen molar-refractivity contribution in [2.24, 2.45) is 0 Å². The molecule has 0 atom stereocenters. The number of esters is 1. The van der Waals surface area contributed by atoms with E-state index in [0.717, 1.165) is 31.7 Å². The third-order valence-electron chi connectivity index (χ3n) is 4.04. The van der Waals surface area contributed by atoms with E-state index in [0.29, 0.717) is 17.1 Å². The Kier molecular flexibility index (Phi) is 7.92. The highest BCUT2D eigenvalue weighted by atomic mass is 16.5. The summed E-state index contributed by atoms with van der Waals surface area (Å²) in [7, 11) is 0. The van der Waals surface area contributed by atoms with Crippen molar-refractivity contribution in [2.45, 2.75) is 40.5 Å². The molecule has 2 rings (SSSR count). The molecule has 1 heterocycles. The van der Waals surface area contributed by atoms with Gasteiger partial charge in [-0.15, -0.1) is 0 Å². The number of anilines is 2. The number of aromatic nitrogens is 2. The number of hydrogen-bond acceptors (Lipinski definition) is 6. The van der Waals surface area contributed by atoms with Gasteiger partial charge in [-0.1, -0.05) is 26.0 Å². The molecule has 0 aliphatic carbocycles. The highest BCUT2D eigenvalue weighted by Crippen LogP contribution is 2.19. The molecule has 0 bridgehead atoms. The minimum Gasteiger partial charge on any atom is -0.462 e.